The van der Waals surface area contributed by atoms with Gasteiger partial charge in [0.1, 0.15) is 11.0 Å². The van der Waals surface area contributed by atoms with Gasteiger partial charge in [0.2, 0.25) is 0 Å². The summed E-state index contributed by atoms with van der Waals surface area (Å²) in [5, 5.41) is 8.92. The number of hydrogen-bond donors (Lipinski definition) is 0. The van der Waals surface area contributed by atoms with Gasteiger partial charge < -0.3 is 0 Å². The van der Waals surface area contributed by atoms with Crippen LogP contribution in [0.5, 0.6) is 0 Å². The predicted molar refractivity (Wildman–Crippen MR) is 112 cm³/mol. The molecule has 6 nitrogen and oxygen atoms in total. The fraction of sp³-hybridized carbons (Fsp3) is 0.143. The maximum Gasteiger partial charge on any atom is 0.416 e. The average Bonchev–Trinajstić information content (AvgIpc) is 3.01. The van der Waals surface area contributed by atoms with Crippen LogP contribution in [0.2, 0.25) is 5.15 Å². The van der Waals surface area contributed by atoms with Gasteiger partial charge in [0.15, 0.2) is 0 Å². The number of halogens is 4. The van der Waals surface area contributed by atoms with E-state index in [1.165, 1.54) is 23.0 Å². The molecule has 0 amide bonds. The summed E-state index contributed by atoms with van der Waals surface area (Å²) in [7, 11) is 0. The molecule has 10 heteroatoms. The quantitative estimate of drug-likeness (QED) is 0.427. The zero-order valence-corrected chi connectivity index (χ0v) is 17.1. The number of alkyl halides is 3. The summed E-state index contributed by atoms with van der Waals surface area (Å²) < 4.78 is 41.5. The molecule has 0 aliphatic heterocycles. The molecule has 0 N–H and O–H groups in total. The summed E-state index contributed by atoms with van der Waals surface area (Å²) in [6.45, 7) is 3.29. The molecular weight excluding hydrogens is 431 g/mol. The number of benzene rings is 2. The van der Waals surface area contributed by atoms with E-state index in [1.54, 1.807) is 38.1 Å². The largest absolute Gasteiger partial charge is 0.416 e. The number of para-hydroxylation sites is 1. The molecule has 0 spiro atoms. The molecule has 0 unspecified atom stereocenters. The summed E-state index contributed by atoms with van der Waals surface area (Å²) >= 11 is 6.40. The van der Waals surface area contributed by atoms with E-state index in [9.17, 15) is 18.0 Å². The molecule has 0 aliphatic rings. The van der Waals surface area contributed by atoms with Crippen LogP contribution in [0.1, 0.15) is 22.6 Å². The molecule has 2 aromatic heterocycles. The van der Waals surface area contributed by atoms with E-state index in [-0.39, 0.29) is 16.4 Å². The standard InChI is InChI=1S/C21H15ClF3N5O/c1-12-17(11-26-29-13(2)27-18-9-4-3-8-16(18)20(29)31)19(22)30(28-12)15-7-5-6-14(10-15)21(23,24)25/h3-11H,1-2H3. The van der Waals surface area contributed by atoms with Crippen molar-refractivity contribution in [2.24, 2.45) is 5.10 Å². The van der Waals surface area contributed by atoms with Gasteiger partial charge in [-0.15, -0.1) is 0 Å². The Morgan fingerprint density at radius 1 is 1.10 bits per heavy atom. The molecule has 0 radical (unpaired) electrons. The first-order valence-electron chi connectivity index (χ1n) is 9.12. The Balaban J connectivity index is 1.77. The first-order chi connectivity index (χ1) is 14.7. The molecule has 0 bridgehead atoms. The topological polar surface area (TPSA) is 65.1 Å². The Bertz CT molecular complexity index is 1390. The fourth-order valence-electron chi connectivity index (χ4n) is 3.13. The fourth-order valence-corrected chi connectivity index (χ4v) is 3.45. The maximum absolute atomic E-state index is 13.0. The minimum atomic E-state index is -4.49. The van der Waals surface area contributed by atoms with Crippen molar-refractivity contribution in [3.63, 3.8) is 0 Å². The lowest BCUT2D eigenvalue weighted by molar-refractivity contribution is -0.137. The third-order valence-electron chi connectivity index (χ3n) is 4.68. The maximum atomic E-state index is 13.0. The highest BCUT2D eigenvalue weighted by atomic mass is 35.5. The van der Waals surface area contributed by atoms with Crippen molar-refractivity contribution in [2.45, 2.75) is 20.0 Å². The van der Waals surface area contributed by atoms with E-state index in [4.69, 9.17) is 11.6 Å². The van der Waals surface area contributed by atoms with E-state index < -0.39 is 11.7 Å². The SMILES string of the molecule is Cc1nn(-c2cccc(C(F)(F)F)c2)c(Cl)c1C=Nn1c(C)nc2ccccc2c1=O. The zero-order chi connectivity index (χ0) is 22.3. The summed E-state index contributed by atoms with van der Waals surface area (Å²) in [5.41, 5.74) is 0.364. The summed E-state index contributed by atoms with van der Waals surface area (Å²) in [5.74, 6) is 0.374. The second-order valence-electron chi connectivity index (χ2n) is 6.79. The molecule has 0 fully saturated rings. The lowest BCUT2D eigenvalue weighted by atomic mass is 10.2. The summed E-state index contributed by atoms with van der Waals surface area (Å²) in [4.78, 5) is 17.1. The van der Waals surface area contributed by atoms with Gasteiger partial charge in [-0.05, 0) is 44.2 Å². The van der Waals surface area contributed by atoms with Crippen LogP contribution in [0.15, 0.2) is 58.4 Å². The number of fused-ring (bicyclic) bond motifs is 1. The summed E-state index contributed by atoms with van der Waals surface area (Å²) in [6.07, 6.45) is -3.14. The smallest absolute Gasteiger partial charge is 0.267 e. The van der Waals surface area contributed by atoms with Crippen LogP contribution >= 0.6 is 11.6 Å². The molecule has 2 aromatic carbocycles. The van der Waals surface area contributed by atoms with Crippen molar-refractivity contribution in [1.29, 1.82) is 0 Å². The number of aromatic nitrogens is 4. The number of nitrogens with zero attached hydrogens (tertiary/aromatic N) is 5. The molecule has 0 aliphatic carbocycles. The van der Waals surface area contributed by atoms with Crippen LogP contribution in [-0.2, 0) is 6.18 Å². The van der Waals surface area contributed by atoms with E-state index in [0.29, 0.717) is 28.0 Å². The van der Waals surface area contributed by atoms with Crippen molar-refractivity contribution in [1.82, 2.24) is 19.4 Å². The van der Waals surface area contributed by atoms with Gasteiger partial charge in [-0.1, -0.05) is 29.8 Å². The van der Waals surface area contributed by atoms with Gasteiger partial charge in [-0.3, -0.25) is 4.79 Å². The monoisotopic (exact) mass is 445 g/mol. The lowest BCUT2D eigenvalue weighted by Crippen LogP contribution is -2.20. The minimum Gasteiger partial charge on any atom is -0.267 e. The van der Waals surface area contributed by atoms with Crippen molar-refractivity contribution in [2.75, 3.05) is 0 Å². The third-order valence-corrected chi connectivity index (χ3v) is 5.05. The van der Waals surface area contributed by atoms with Crippen LogP contribution in [0, 0.1) is 13.8 Å². The van der Waals surface area contributed by atoms with Gasteiger partial charge in [-0.2, -0.15) is 28.0 Å². The second-order valence-corrected chi connectivity index (χ2v) is 7.15. The Morgan fingerprint density at radius 3 is 2.58 bits per heavy atom. The average molecular weight is 446 g/mol. The summed E-state index contributed by atoms with van der Waals surface area (Å²) in [6, 6.07) is 11.6. The number of aryl methyl sites for hydroxylation is 2. The van der Waals surface area contributed by atoms with E-state index >= 15 is 0 Å². The normalized spacial score (nSPS) is 12.2. The molecule has 0 saturated heterocycles. The Hall–Kier alpha value is -3.46. The van der Waals surface area contributed by atoms with Gasteiger partial charge in [0, 0.05) is 0 Å². The molecule has 31 heavy (non-hydrogen) atoms. The highest BCUT2D eigenvalue weighted by Gasteiger charge is 2.30. The van der Waals surface area contributed by atoms with Crippen LogP contribution in [-0.4, -0.2) is 25.7 Å². The van der Waals surface area contributed by atoms with E-state index in [2.05, 4.69) is 15.2 Å². The Kier molecular flexibility index (Phi) is 5.14. The molecule has 4 aromatic rings. The van der Waals surface area contributed by atoms with E-state index in [1.807, 2.05) is 0 Å². The van der Waals surface area contributed by atoms with Crippen LogP contribution < -0.4 is 5.56 Å². The third kappa shape index (κ3) is 3.84. The first kappa shape index (κ1) is 20.8. The van der Waals surface area contributed by atoms with Crippen LogP contribution in [0.4, 0.5) is 13.2 Å². The van der Waals surface area contributed by atoms with Crippen molar-refractivity contribution in [3.05, 3.63) is 86.7 Å². The van der Waals surface area contributed by atoms with Crippen molar-refractivity contribution in [3.8, 4) is 5.69 Å². The van der Waals surface area contributed by atoms with Crippen molar-refractivity contribution >= 4 is 28.7 Å². The lowest BCUT2D eigenvalue weighted by Gasteiger charge is -2.09. The Labute approximate surface area is 179 Å². The number of rotatable bonds is 3. The molecule has 158 valence electrons. The molecule has 2 heterocycles. The molecule has 0 saturated carbocycles. The zero-order valence-electron chi connectivity index (χ0n) is 16.4. The van der Waals surface area contributed by atoms with Gasteiger partial charge in [0.05, 0.1) is 39.6 Å². The molecule has 0 atom stereocenters. The second kappa shape index (κ2) is 7.66. The van der Waals surface area contributed by atoms with Crippen molar-refractivity contribution < 1.29 is 13.2 Å². The molecular formula is C21H15ClF3N5O. The highest BCUT2D eigenvalue weighted by molar-refractivity contribution is 6.32. The van der Waals surface area contributed by atoms with E-state index in [0.717, 1.165) is 16.8 Å². The molecule has 4 rings (SSSR count). The van der Waals surface area contributed by atoms with Gasteiger partial charge in [-0.25, -0.2) is 9.67 Å². The predicted octanol–water partition coefficient (Wildman–Crippen LogP) is 4.75. The first-order valence-corrected chi connectivity index (χ1v) is 9.50. The van der Waals surface area contributed by atoms with Gasteiger partial charge >= 0.3 is 6.18 Å². The highest BCUT2D eigenvalue weighted by Crippen LogP contribution is 2.31. The number of hydrogen-bond acceptors (Lipinski definition) is 4. The van der Waals surface area contributed by atoms with Gasteiger partial charge in [0.25, 0.3) is 5.56 Å². The van der Waals surface area contributed by atoms with Crippen LogP contribution in [0.3, 0.4) is 0 Å². The Morgan fingerprint density at radius 2 is 1.84 bits per heavy atom. The minimum absolute atomic E-state index is 0.0695. The van der Waals surface area contributed by atoms with Crippen LogP contribution in [0.25, 0.3) is 16.6 Å².